The van der Waals surface area contributed by atoms with Crippen LogP contribution in [0.1, 0.15) is 40.5 Å². The van der Waals surface area contributed by atoms with Gasteiger partial charge in [0, 0.05) is 13.1 Å². The van der Waals surface area contributed by atoms with E-state index in [9.17, 15) is 9.90 Å². The molecule has 1 aliphatic heterocycles. The van der Waals surface area contributed by atoms with Crippen molar-refractivity contribution in [2.24, 2.45) is 0 Å². The molecule has 1 fully saturated rings. The minimum Gasteiger partial charge on any atom is -0.390 e. The summed E-state index contributed by atoms with van der Waals surface area (Å²) in [6, 6.07) is 0. The van der Waals surface area contributed by atoms with E-state index in [0.717, 1.165) is 6.54 Å². The Morgan fingerprint density at radius 1 is 1.44 bits per heavy atom. The molecule has 0 unspecified atom stereocenters. The van der Waals surface area contributed by atoms with Gasteiger partial charge in [-0.15, -0.1) is 0 Å². The van der Waals surface area contributed by atoms with Crippen molar-refractivity contribution >= 4 is 5.91 Å². The maximum atomic E-state index is 12.2. The van der Waals surface area contributed by atoms with Crippen molar-refractivity contribution in [3.8, 4) is 0 Å². The fourth-order valence-corrected chi connectivity index (χ4v) is 2.10. The van der Waals surface area contributed by atoms with E-state index in [4.69, 9.17) is 0 Å². The van der Waals surface area contributed by atoms with Crippen LogP contribution in [0.2, 0.25) is 0 Å². The van der Waals surface area contributed by atoms with E-state index in [1.807, 2.05) is 32.6 Å². The molecule has 1 rings (SSSR count). The fourth-order valence-electron chi connectivity index (χ4n) is 2.10. The highest BCUT2D eigenvalue weighted by atomic mass is 16.3. The molecular weight excluding hydrogens is 204 g/mol. The van der Waals surface area contributed by atoms with E-state index in [2.05, 4.69) is 5.32 Å². The van der Waals surface area contributed by atoms with Crippen LogP contribution in [0, 0.1) is 0 Å². The summed E-state index contributed by atoms with van der Waals surface area (Å²) in [5.74, 6) is 0.129. The summed E-state index contributed by atoms with van der Waals surface area (Å²) in [5.41, 5.74) is -1.10. The Balaban J connectivity index is 2.57. The van der Waals surface area contributed by atoms with Gasteiger partial charge in [0.2, 0.25) is 5.91 Å². The number of carbonyl (C=O) groups is 1. The third kappa shape index (κ3) is 3.19. The van der Waals surface area contributed by atoms with E-state index in [0.29, 0.717) is 25.9 Å². The summed E-state index contributed by atoms with van der Waals surface area (Å²) in [6.07, 6.45) is 1.34. The summed E-state index contributed by atoms with van der Waals surface area (Å²) in [4.78, 5) is 14.1. The lowest BCUT2D eigenvalue weighted by Crippen LogP contribution is -2.57. The van der Waals surface area contributed by atoms with Gasteiger partial charge in [0.1, 0.15) is 0 Å². The number of likely N-dealkylation sites (tertiary alicyclic amines) is 1. The maximum Gasteiger partial charge on any atom is 0.242 e. The number of carbonyl (C=O) groups excluding carboxylic acids is 1. The number of nitrogens with one attached hydrogen (secondary N) is 1. The van der Waals surface area contributed by atoms with Crippen LogP contribution < -0.4 is 5.32 Å². The van der Waals surface area contributed by atoms with Crippen LogP contribution in [0.4, 0.5) is 0 Å². The van der Waals surface area contributed by atoms with Gasteiger partial charge in [-0.2, -0.15) is 0 Å². The standard InChI is InChI=1S/C12H24N2O2/c1-5-13-11(2,3)10(15)14-8-6-12(4,16)7-9-14/h13,16H,5-9H2,1-4H3. The predicted octanol–water partition coefficient (Wildman–Crippen LogP) is 0.748. The first-order chi connectivity index (χ1) is 7.28. The van der Waals surface area contributed by atoms with Gasteiger partial charge in [-0.25, -0.2) is 0 Å². The zero-order valence-corrected chi connectivity index (χ0v) is 10.8. The van der Waals surface area contributed by atoms with Crippen molar-refractivity contribution in [2.75, 3.05) is 19.6 Å². The van der Waals surface area contributed by atoms with Gasteiger partial charge in [-0.3, -0.25) is 4.79 Å². The van der Waals surface area contributed by atoms with Gasteiger partial charge in [-0.1, -0.05) is 6.92 Å². The summed E-state index contributed by atoms with van der Waals surface area (Å²) in [6.45, 7) is 9.74. The molecule has 0 radical (unpaired) electrons. The molecule has 1 amide bonds. The first-order valence-electron chi connectivity index (χ1n) is 6.05. The SMILES string of the molecule is CCNC(C)(C)C(=O)N1CCC(C)(O)CC1. The molecule has 0 spiro atoms. The second-order valence-electron chi connectivity index (χ2n) is 5.44. The van der Waals surface area contributed by atoms with Gasteiger partial charge in [0.25, 0.3) is 0 Å². The van der Waals surface area contributed by atoms with Crippen molar-refractivity contribution in [3.05, 3.63) is 0 Å². The summed E-state index contributed by atoms with van der Waals surface area (Å²) < 4.78 is 0. The number of hydrogen-bond donors (Lipinski definition) is 2. The van der Waals surface area contributed by atoms with Crippen molar-refractivity contribution in [1.29, 1.82) is 0 Å². The van der Waals surface area contributed by atoms with Crippen molar-refractivity contribution in [3.63, 3.8) is 0 Å². The van der Waals surface area contributed by atoms with Gasteiger partial charge in [0.05, 0.1) is 11.1 Å². The molecule has 1 aliphatic rings. The van der Waals surface area contributed by atoms with Gasteiger partial charge < -0.3 is 15.3 Å². The minimum atomic E-state index is -0.598. The molecule has 0 aliphatic carbocycles. The van der Waals surface area contributed by atoms with Gasteiger partial charge in [-0.05, 0) is 40.2 Å². The number of piperidine rings is 1. The number of hydrogen-bond acceptors (Lipinski definition) is 3. The molecule has 16 heavy (non-hydrogen) atoms. The zero-order valence-electron chi connectivity index (χ0n) is 10.8. The molecule has 1 saturated heterocycles. The molecule has 1 heterocycles. The molecular formula is C12H24N2O2. The zero-order chi connectivity index (χ0) is 12.4. The maximum absolute atomic E-state index is 12.2. The number of amides is 1. The lowest BCUT2D eigenvalue weighted by molar-refractivity contribution is -0.140. The Hall–Kier alpha value is -0.610. The van der Waals surface area contributed by atoms with Crippen molar-refractivity contribution in [1.82, 2.24) is 10.2 Å². The Bertz CT molecular complexity index is 252. The molecule has 4 nitrogen and oxygen atoms in total. The minimum absolute atomic E-state index is 0.129. The third-order valence-corrected chi connectivity index (χ3v) is 3.28. The van der Waals surface area contributed by atoms with Crippen LogP contribution in [0.3, 0.4) is 0 Å². The van der Waals surface area contributed by atoms with E-state index >= 15 is 0 Å². The molecule has 4 heteroatoms. The molecule has 0 aromatic carbocycles. The smallest absolute Gasteiger partial charge is 0.242 e. The number of likely N-dealkylation sites (N-methyl/N-ethyl adjacent to an activating group) is 1. The van der Waals surface area contributed by atoms with Crippen LogP contribution in [-0.4, -0.2) is 46.7 Å². The first kappa shape index (κ1) is 13.5. The first-order valence-corrected chi connectivity index (χ1v) is 6.05. The Morgan fingerprint density at radius 2 is 1.94 bits per heavy atom. The molecule has 0 bridgehead atoms. The highest BCUT2D eigenvalue weighted by Gasteiger charge is 2.35. The molecule has 0 atom stereocenters. The van der Waals surface area contributed by atoms with Crippen molar-refractivity contribution < 1.29 is 9.90 Å². The summed E-state index contributed by atoms with van der Waals surface area (Å²) >= 11 is 0. The third-order valence-electron chi connectivity index (χ3n) is 3.28. The van der Waals surface area contributed by atoms with Gasteiger partial charge >= 0.3 is 0 Å². The quantitative estimate of drug-likeness (QED) is 0.749. The summed E-state index contributed by atoms with van der Waals surface area (Å²) in [5, 5.41) is 13.0. The lowest BCUT2D eigenvalue weighted by atomic mass is 9.92. The average Bonchev–Trinajstić information content (AvgIpc) is 2.16. The van der Waals surface area contributed by atoms with Crippen LogP contribution in [0.5, 0.6) is 0 Å². The second kappa shape index (κ2) is 4.72. The highest BCUT2D eigenvalue weighted by Crippen LogP contribution is 2.22. The molecule has 94 valence electrons. The molecule has 0 aromatic heterocycles. The van der Waals surface area contributed by atoms with Crippen molar-refractivity contribution in [2.45, 2.75) is 51.7 Å². The normalized spacial score (nSPS) is 20.9. The van der Waals surface area contributed by atoms with Crippen LogP contribution in [0.15, 0.2) is 0 Å². The molecule has 0 saturated carbocycles. The van der Waals surface area contributed by atoms with E-state index < -0.39 is 11.1 Å². The number of nitrogens with zero attached hydrogens (tertiary/aromatic N) is 1. The predicted molar refractivity (Wildman–Crippen MR) is 64.2 cm³/mol. The Labute approximate surface area is 98.0 Å². The van der Waals surface area contributed by atoms with Crippen LogP contribution in [0.25, 0.3) is 0 Å². The Morgan fingerprint density at radius 3 is 2.38 bits per heavy atom. The highest BCUT2D eigenvalue weighted by molar-refractivity contribution is 5.85. The van der Waals surface area contributed by atoms with E-state index in [-0.39, 0.29) is 5.91 Å². The monoisotopic (exact) mass is 228 g/mol. The van der Waals surface area contributed by atoms with Crippen LogP contribution in [-0.2, 0) is 4.79 Å². The summed E-state index contributed by atoms with van der Waals surface area (Å²) in [7, 11) is 0. The van der Waals surface area contributed by atoms with E-state index in [1.54, 1.807) is 0 Å². The Kier molecular flexibility index (Phi) is 3.97. The number of rotatable bonds is 3. The molecule has 2 N–H and O–H groups in total. The second-order valence-corrected chi connectivity index (χ2v) is 5.44. The largest absolute Gasteiger partial charge is 0.390 e. The average molecular weight is 228 g/mol. The number of aliphatic hydroxyl groups is 1. The topological polar surface area (TPSA) is 52.6 Å². The fraction of sp³-hybridized carbons (Fsp3) is 0.917. The van der Waals surface area contributed by atoms with Crippen LogP contribution >= 0.6 is 0 Å². The molecule has 0 aromatic rings. The van der Waals surface area contributed by atoms with E-state index in [1.165, 1.54) is 0 Å². The van der Waals surface area contributed by atoms with Gasteiger partial charge in [0.15, 0.2) is 0 Å². The lowest BCUT2D eigenvalue weighted by Gasteiger charge is -2.39.